The summed E-state index contributed by atoms with van der Waals surface area (Å²) >= 11 is 0. The molecule has 0 radical (unpaired) electrons. The number of fused-ring (bicyclic) bond motifs is 3. The molecule has 140 valence electrons. The second kappa shape index (κ2) is 6.00. The molecular formula is C21H29N3O2. The number of carbonyl (C=O) groups excluding carboxylic acids is 2. The number of nitrogens with one attached hydrogen (secondary N) is 2. The highest BCUT2D eigenvalue weighted by Gasteiger charge is 2.58. The van der Waals surface area contributed by atoms with E-state index in [1.165, 1.54) is 25.7 Å². The highest BCUT2D eigenvalue weighted by Crippen LogP contribution is 2.65. The number of rotatable bonds is 3. The Morgan fingerprint density at radius 1 is 1.23 bits per heavy atom. The maximum atomic E-state index is 12.6. The normalized spacial score (nSPS) is 31.7. The summed E-state index contributed by atoms with van der Waals surface area (Å²) in [4.78, 5) is 26.9. The molecule has 3 amide bonds. The van der Waals surface area contributed by atoms with Crippen LogP contribution < -0.4 is 10.6 Å². The van der Waals surface area contributed by atoms with E-state index in [9.17, 15) is 9.59 Å². The first-order valence-corrected chi connectivity index (χ1v) is 9.71. The van der Waals surface area contributed by atoms with E-state index in [0.717, 1.165) is 17.0 Å². The lowest BCUT2D eigenvalue weighted by Crippen LogP contribution is -2.50. The number of likely N-dealkylation sites (N-methyl/N-ethyl adjacent to an activating group) is 1. The van der Waals surface area contributed by atoms with Crippen LogP contribution in [0.3, 0.4) is 0 Å². The van der Waals surface area contributed by atoms with Crippen LogP contribution in [0, 0.1) is 16.7 Å². The molecule has 2 fully saturated rings. The van der Waals surface area contributed by atoms with Crippen molar-refractivity contribution in [3.63, 3.8) is 0 Å². The summed E-state index contributed by atoms with van der Waals surface area (Å²) in [7, 11) is 1.78. The minimum Gasteiger partial charge on any atom is -0.339 e. The fraction of sp³-hybridized carbons (Fsp3) is 0.619. The lowest BCUT2D eigenvalue weighted by Gasteiger charge is -2.38. The highest BCUT2D eigenvalue weighted by atomic mass is 16.2. The minimum absolute atomic E-state index is 0.0564. The van der Waals surface area contributed by atoms with Crippen molar-refractivity contribution in [2.45, 2.75) is 52.1 Å². The Morgan fingerprint density at radius 2 is 1.92 bits per heavy atom. The quantitative estimate of drug-likeness (QED) is 0.874. The van der Waals surface area contributed by atoms with Crippen molar-refractivity contribution < 1.29 is 9.59 Å². The number of carbonyl (C=O) groups is 2. The summed E-state index contributed by atoms with van der Waals surface area (Å²) in [5.74, 6) is 0.729. The molecule has 2 bridgehead atoms. The molecule has 26 heavy (non-hydrogen) atoms. The van der Waals surface area contributed by atoms with Gasteiger partial charge in [-0.1, -0.05) is 38.1 Å². The number of nitrogens with zero attached hydrogens (tertiary/aromatic N) is 1. The van der Waals surface area contributed by atoms with Crippen LogP contribution in [-0.4, -0.2) is 30.4 Å². The van der Waals surface area contributed by atoms with Gasteiger partial charge in [0.2, 0.25) is 5.91 Å². The van der Waals surface area contributed by atoms with Crippen LogP contribution in [0.4, 0.5) is 4.79 Å². The lowest BCUT2D eigenvalue weighted by molar-refractivity contribution is -0.133. The highest BCUT2D eigenvalue weighted by molar-refractivity contribution is 5.89. The Kier molecular flexibility index (Phi) is 4.01. The van der Waals surface area contributed by atoms with Crippen LogP contribution >= 0.6 is 0 Å². The second-order valence-electron chi connectivity index (χ2n) is 8.93. The Hall–Kier alpha value is -2.04. The fourth-order valence-corrected chi connectivity index (χ4v) is 5.59. The van der Waals surface area contributed by atoms with Crippen LogP contribution in [0.15, 0.2) is 24.3 Å². The summed E-state index contributed by atoms with van der Waals surface area (Å²) in [6.45, 7) is 5.99. The van der Waals surface area contributed by atoms with Gasteiger partial charge in [-0.25, -0.2) is 4.79 Å². The monoisotopic (exact) mass is 355 g/mol. The smallest absolute Gasteiger partial charge is 0.315 e. The average molecular weight is 355 g/mol. The van der Waals surface area contributed by atoms with Gasteiger partial charge in [0.1, 0.15) is 6.04 Å². The summed E-state index contributed by atoms with van der Waals surface area (Å²) in [6, 6.07) is 7.00. The largest absolute Gasteiger partial charge is 0.339 e. The molecular weight excluding hydrogens is 326 g/mol. The van der Waals surface area contributed by atoms with Gasteiger partial charge in [0.05, 0.1) is 0 Å². The third-order valence-electron chi connectivity index (χ3n) is 7.59. The Balaban J connectivity index is 1.45. The third-order valence-corrected chi connectivity index (χ3v) is 7.59. The van der Waals surface area contributed by atoms with Crippen LogP contribution in [0.25, 0.3) is 0 Å². The molecule has 2 aliphatic carbocycles. The van der Waals surface area contributed by atoms with Gasteiger partial charge in [0, 0.05) is 20.1 Å². The van der Waals surface area contributed by atoms with Gasteiger partial charge in [-0.3, -0.25) is 4.79 Å². The van der Waals surface area contributed by atoms with E-state index < -0.39 is 6.04 Å². The van der Waals surface area contributed by atoms with E-state index in [4.69, 9.17) is 0 Å². The molecule has 1 atom stereocenters. The van der Waals surface area contributed by atoms with Crippen LogP contribution in [0.5, 0.6) is 0 Å². The molecule has 0 spiro atoms. The standard InChI is InChI=1S/C21H29N3O2/c1-20(2)15-8-10-21(20,11-9-15)13-22-19(26)23-17-16-7-5-4-6-14(16)12-24(3)18(17)25/h4-7,15,17H,8-13H2,1-3H3,(H2,22,23,26). The minimum atomic E-state index is -0.602. The van der Waals surface area contributed by atoms with Gasteiger partial charge in [-0.15, -0.1) is 0 Å². The molecule has 1 aliphatic heterocycles. The van der Waals surface area contributed by atoms with Crippen molar-refractivity contribution in [2.75, 3.05) is 13.6 Å². The maximum absolute atomic E-state index is 12.6. The average Bonchev–Trinajstić information content (AvgIpc) is 3.02. The molecule has 2 N–H and O–H groups in total. The Labute approximate surface area is 155 Å². The first-order chi connectivity index (χ1) is 12.3. The summed E-state index contributed by atoms with van der Waals surface area (Å²) < 4.78 is 0. The molecule has 1 aromatic rings. The first kappa shape index (κ1) is 17.4. The summed E-state index contributed by atoms with van der Waals surface area (Å²) in [5.41, 5.74) is 2.49. The Bertz CT molecular complexity index is 735. The maximum Gasteiger partial charge on any atom is 0.315 e. The van der Waals surface area contributed by atoms with Gasteiger partial charge in [0.25, 0.3) is 0 Å². The van der Waals surface area contributed by atoms with Gasteiger partial charge >= 0.3 is 6.03 Å². The van der Waals surface area contributed by atoms with E-state index in [-0.39, 0.29) is 22.8 Å². The van der Waals surface area contributed by atoms with E-state index >= 15 is 0 Å². The van der Waals surface area contributed by atoms with Gasteiger partial charge in [-0.05, 0) is 53.6 Å². The summed E-state index contributed by atoms with van der Waals surface area (Å²) in [5, 5.41) is 6.01. The third kappa shape index (κ3) is 2.51. The van der Waals surface area contributed by atoms with Gasteiger partial charge < -0.3 is 15.5 Å². The molecule has 2 saturated carbocycles. The number of urea groups is 1. The lowest BCUT2D eigenvalue weighted by atomic mass is 9.69. The zero-order chi connectivity index (χ0) is 18.5. The van der Waals surface area contributed by atoms with Crippen molar-refractivity contribution in [3.05, 3.63) is 35.4 Å². The van der Waals surface area contributed by atoms with Crippen LogP contribution in [0.1, 0.15) is 56.7 Å². The van der Waals surface area contributed by atoms with E-state index in [2.05, 4.69) is 24.5 Å². The van der Waals surface area contributed by atoms with Crippen molar-refractivity contribution in [3.8, 4) is 0 Å². The van der Waals surface area contributed by atoms with Crippen molar-refractivity contribution >= 4 is 11.9 Å². The van der Waals surface area contributed by atoms with E-state index in [0.29, 0.717) is 13.1 Å². The van der Waals surface area contributed by atoms with Gasteiger partial charge in [0.15, 0.2) is 0 Å². The molecule has 5 heteroatoms. The first-order valence-electron chi connectivity index (χ1n) is 9.71. The summed E-state index contributed by atoms with van der Waals surface area (Å²) in [6.07, 6.45) is 4.93. The van der Waals surface area contributed by atoms with E-state index in [1.807, 2.05) is 24.3 Å². The zero-order valence-electron chi connectivity index (χ0n) is 16.0. The van der Waals surface area contributed by atoms with Crippen molar-refractivity contribution in [1.82, 2.24) is 15.5 Å². The number of hydrogen-bond acceptors (Lipinski definition) is 2. The zero-order valence-corrected chi connectivity index (χ0v) is 16.0. The predicted molar refractivity (Wildman–Crippen MR) is 100 cm³/mol. The Morgan fingerprint density at radius 3 is 2.58 bits per heavy atom. The molecule has 4 rings (SSSR count). The number of amides is 3. The SMILES string of the molecule is CN1Cc2ccccc2C(NC(=O)NCC23CCC(CC2)C3(C)C)C1=O. The molecule has 5 nitrogen and oxygen atoms in total. The number of benzene rings is 1. The van der Waals surface area contributed by atoms with E-state index in [1.54, 1.807) is 11.9 Å². The van der Waals surface area contributed by atoms with Crippen LogP contribution in [0.2, 0.25) is 0 Å². The predicted octanol–water partition coefficient (Wildman–Crippen LogP) is 3.22. The molecule has 1 heterocycles. The van der Waals surface area contributed by atoms with Crippen LogP contribution in [-0.2, 0) is 11.3 Å². The van der Waals surface area contributed by atoms with Crippen molar-refractivity contribution in [1.29, 1.82) is 0 Å². The fourth-order valence-electron chi connectivity index (χ4n) is 5.59. The molecule has 0 aromatic heterocycles. The van der Waals surface area contributed by atoms with Gasteiger partial charge in [-0.2, -0.15) is 0 Å². The molecule has 0 saturated heterocycles. The number of hydrogen-bond donors (Lipinski definition) is 2. The molecule has 1 aromatic carbocycles. The molecule has 3 aliphatic rings. The molecule has 1 unspecified atom stereocenters. The second-order valence-corrected chi connectivity index (χ2v) is 8.93. The topological polar surface area (TPSA) is 61.4 Å². The van der Waals surface area contributed by atoms with Crippen molar-refractivity contribution in [2.24, 2.45) is 16.7 Å².